The number of carboxylic acid groups (broad SMARTS) is 1. The molecule has 0 aromatic heterocycles. The first-order valence-corrected chi connectivity index (χ1v) is 9.19. The van der Waals surface area contributed by atoms with Crippen molar-refractivity contribution < 1.29 is 23.6 Å². The molecular weight excluding hydrogens is 342 g/mol. The fourth-order valence-corrected chi connectivity index (χ4v) is 2.99. The van der Waals surface area contributed by atoms with Crippen LogP contribution < -0.4 is 10.1 Å². The van der Waals surface area contributed by atoms with Gasteiger partial charge in [-0.15, -0.1) is 0 Å². The standard InChI is InChI=1S/C18H19NO5S/c20-17(19-15-9-7-14(8-10-15)18(21)22)13-25(23)12-4-11-24-16-5-2-1-3-6-16/h1-3,5-10H,4,11-13H2,(H,19,20)(H,21,22). The summed E-state index contributed by atoms with van der Waals surface area (Å²) in [6, 6.07) is 15.1. The lowest BCUT2D eigenvalue weighted by Crippen LogP contribution is -2.21. The van der Waals surface area contributed by atoms with E-state index >= 15 is 0 Å². The van der Waals surface area contributed by atoms with Gasteiger partial charge in [-0.25, -0.2) is 4.79 Å². The molecule has 25 heavy (non-hydrogen) atoms. The first-order valence-electron chi connectivity index (χ1n) is 7.70. The van der Waals surface area contributed by atoms with Crippen molar-refractivity contribution in [3.63, 3.8) is 0 Å². The zero-order valence-corrected chi connectivity index (χ0v) is 14.3. The van der Waals surface area contributed by atoms with Crippen molar-refractivity contribution in [2.24, 2.45) is 0 Å². The van der Waals surface area contributed by atoms with Gasteiger partial charge < -0.3 is 15.2 Å². The van der Waals surface area contributed by atoms with Gasteiger partial charge in [-0.05, 0) is 42.8 Å². The number of carboxylic acids is 1. The van der Waals surface area contributed by atoms with Gasteiger partial charge in [0.1, 0.15) is 11.5 Å². The summed E-state index contributed by atoms with van der Waals surface area (Å²) in [7, 11) is -1.28. The molecule has 0 saturated carbocycles. The van der Waals surface area contributed by atoms with Crippen LogP contribution in [0.25, 0.3) is 0 Å². The van der Waals surface area contributed by atoms with E-state index in [1.165, 1.54) is 24.3 Å². The van der Waals surface area contributed by atoms with Gasteiger partial charge in [0, 0.05) is 22.2 Å². The summed E-state index contributed by atoms with van der Waals surface area (Å²) in [4.78, 5) is 22.6. The zero-order valence-electron chi connectivity index (χ0n) is 13.5. The van der Waals surface area contributed by atoms with Crippen LogP contribution in [0.5, 0.6) is 5.75 Å². The highest BCUT2D eigenvalue weighted by Crippen LogP contribution is 2.10. The number of aromatic carboxylic acids is 1. The van der Waals surface area contributed by atoms with Crippen molar-refractivity contribution in [3.8, 4) is 5.75 Å². The molecule has 0 spiro atoms. The number of anilines is 1. The van der Waals surface area contributed by atoms with E-state index in [9.17, 15) is 13.8 Å². The van der Waals surface area contributed by atoms with Crippen LogP contribution in [-0.2, 0) is 15.6 Å². The van der Waals surface area contributed by atoms with Crippen LogP contribution in [0.2, 0.25) is 0 Å². The lowest BCUT2D eigenvalue weighted by Gasteiger charge is -2.07. The summed E-state index contributed by atoms with van der Waals surface area (Å²) in [5, 5.41) is 11.4. The van der Waals surface area contributed by atoms with E-state index in [1.807, 2.05) is 30.3 Å². The Morgan fingerprint density at radius 3 is 2.36 bits per heavy atom. The molecule has 0 heterocycles. The van der Waals surface area contributed by atoms with E-state index in [-0.39, 0.29) is 17.2 Å². The molecule has 0 radical (unpaired) electrons. The van der Waals surface area contributed by atoms with Gasteiger partial charge in [-0.1, -0.05) is 18.2 Å². The maximum atomic E-state index is 11.9. The maximum Gasteiger partial charge on any atom is 0.335 e. The molecule has 7 heteroatoms. The second kappa shape index (κ2) is 9.58. The van der Waals surface area contributed by atoms with E-state index in [1.54, 1.807) is 0 Å². The van der Waals surface area contributed by atoms with E-state index < -0.39 is 16.8 Å². The average molecular weight is 361 g/mol. The Kier molecular flexibility index (Phi) is 7.16. The van der Waals surface area contributed by atoms with Crippen LogP contribution in [0.1, 0.15) is 16.8 Å². The van der Waals surface area contributed by atoms with Crippen molar-refractivity contribution in [3.05, 3.63) is 60.2 Å². The van der Waals surface area contributed by atoms with Crippen LogP contribution in [0, 0.1) is 0 Å². The molecule has 1 amide bonds. The summed E-state index contributed by atoms with van der Waals surface area (Å²) in [5.41, 5.74) is 0.611. The molecule has 0 aliphatic carbocycles. The first-order chi connectivity index (χ1) is 12.0. The minimum absolute atomic E-state index is 0.105. The van der Waals surface area contributed by atoms with Gasteiger partial charge in [0.15, 0.2) is 0 Å². The number of benzene rings is 2. The van der Waals surface area contributed by atoms with Gasteiger partial charge in [0.25, 0.3) is 0 Å². The molecule has 0 saturated heterocycles. The molecule has 0 aliphatic rings. The Labute approximate surface area is 148 Å². The zero-order chi connectivity index (χ0) is 18.1. The van der Waals surface area contributed by atoms with Crippen LogP contribution in [0.4, 0.5) is 5.69 Å². The second-order valence-electron chi connectivity index (χ2n) is 5.23. The Bertz CT molecular complexity index is 731. The monoisotopic (exact) mass is 361 g/mol. The fourth-order valence-electron chi connectivity index (χ4n) is 2.04. The van der Waals surface area contributed by atoms with Crippen molar-refractivity contribution in [2.75, 3.05) is 23.4 Å². The van der Waals surface area contributed by atoms with Crippen LogP contribution >= 0.6 is 0 Å². The van der Waals surface area contributed by atoms with Crippen molar-refractivity contribution >= 4 is 28.4 Å². The van der Waals surface area contributed by atoms with Crippen molar-refractivity contribution in [1.82, 2.24) is 0 Å². The number of hydrogen-bond acceptors (Lipinski definition) is 4. The highest BCUT2D eigenvalue weighted by Gasteiger charge is 2.09. The first kappa shape index (κ1) is 18.7. The van der Waals surface area contributed by atoms with Crippen molar-refractivity contribution in [1.29, 1.82) is 0 Å². The number of hydrogen-bond donors (Lipinski definition) is 2. The van der Waals surface area contributed by atoms with E-state index in [0.717, 1.165) is 5.75 Å². The highest BCUT2D eigenvalue weighted by molar-refractivity contribution is 7.85. The molecule has 2 rings (SSSR count). The van der Waals surface area contributed by atoms with E-state index in [0.29, 0.717) is 24.5 Å². The Hall–Kier alpha value is -2.67. The average Bonchev–Trinajstić information content (AvgIpc) is 2.60. The minimum atomic E-state index is -1.28. The van der Waals surface area contributed by atoms with Gasteiger partial charge in [0.05, 0.1) is 12.2 Å². The van der Waals surface area contributed by atoms with Gasteiger partial charge in [-0.3, -0.25) is 9.00 Å². The number of carbonyl (C=O) groups excluding carboxylic acids is 1. The van der Waals surface area contributed by atoms with Crippen molar-refractivity contribution in [2.45, 2.75) is 6.42 Å². The third-order valence-electron chi connectivity index (χ3n) is 3.24. The van der Waals surface area contributed by atoms with Gasteiger partial charge in [-0.2, -0.15) is 0 Å². The Balaban J connectivity index is 1.67. The second-order valence-corrected chi connectivity index (χ2v) is 6.81. The van der Waals surface area contributed by atoms with Gasteiger partial charge in [0.2, 0.25) is 5.91 Å². The SMILES string of the molecule is O=C(CS(=O)CCCOc1ccccc1)Nc1ccc(C(=O)O)cc1. The number of rotatable bonds is 9. The lowest BCUT2D eigenvalue weighted by atomic mass is 10.2. The summed E-state index contributed by atoms with van der Waals surface area (Å²) in [6.45, 7) is 0.439. The van der Waals surface area contributed by atoms with Gasteiger partial charge >= 0.3 is 5.97 Å². The molecule has 0 aliphatic heterocycles. The van der Waals surface area contributed by atoms with Crippen LogP contribution in [-0.4, -0.2) is 39.3 Å². The smallest absolute Gasteiger partial charge is 0.335 e. The summed E-state index contributed by atoms with van der Waals surface area (Å²) >= 11 is 0. The molecule has 1 atom stereocenters. The van der Waals surface area contributed by atoms with Crippen LogP contribution in [0.15, 0.2) is 54.6 Å². The largest absolute Gasteiger partial charge is 0.494 e. The number of ether oxygens (including phenoxy) is 1. The molecule has 0 fully saturated rings. The summed E-state index contributed by atoms with van der Waals surface area (Å²) < 4.78 is 17.4. The minimum Gasteiger partial charge on any atom is -0.494 e. The molecule has 0 bridgehead atoms. The van der Waals surface area contributed by atoms with E-state index in [2.05, 4.69) is 5.32 Å². The topological polar surface area (TPSA) is 92.7 Å². The number of nitrogens with one attached hydrogen (secondary N) is 1. The number of carbonyl (C=O) groups is 2. The molecule has 132 valence electrons. The molecule has 1 unspecified atom stereocenters. The Morgan fingerprint density at radius 2 is 1.72 bits per heavy atom. The third kappa shape index (κ3) is 6.76. The predicted molar refractivity (Wildman–Crippen MR) is 96.5 cm³/mol. The molecule has 2 aromatic carbocycles. The third-order valence-corrected chi connectivity index (χ3v) is 4.56. The predicted octanol–water partition coefficient (Wildman–Crippen LogP) is 2.54. The lowest BCUT2D eigenvalue weighted by molar-refractivity contribution is -0.113. The Morgan fingerprint density at radius 1 is 1.04 bits per heavy atom. The maximum absolute atomic E-state index is 11.9. The quantitative estimate of drug-likeness (QED) is 0.670. The number of amides is 1. The van der Waals surface area contributed by atoms with E-state index in [4.69, 9.17) is 9.84 Å². The molecule has 2 N–H and O–H groups in total. The molecule has 2 aromatic rings. The summed E-state index contributed by atoms with van der Waals surface area (Å²) in [6.07, 6.45) is 0.585. The highest BCUT2D eigenvalue weighted by atomic mass is 32.2. The molecule has 6 nitrogen and oxygen atoms in total. The summed E-state index contributed by atoms with van der Waals surface area (Å²) in [5.74, 6) is -0.373. The fraction of sp³-hybridized carbons (Fsp3) is 0.222. The number of para-hydroxylation sites is 1. The molecular formula is C18H19NO5S. The van der Waals surface area contributed by atoms with Crippen LogP contribution in [0.3, 0.4) is 0 Å². The normalized spacial score (nSPS) is 11.5.